The normalized spacial score (nSPS) is 10.3. The maximum Gasteiger partial charge on any atom is 0.166 e. The lowest BCUT2D eigenvalue weighted by atomic mass is 10.1. The Morgan fingerprint density at radius 2 is 2.05 bits per heavy atom. The minimum Gasteiger partial charge on any atom is -0.333 e. The summed E-state index contributed by atoms with van der Waals surface area (Å²) in [7, 11) is 0. The van der Waals surface area contributed by atoms with Crippen molar-refractivity contribution in [1.29, 1.82) is 0 Å². The highest BCUT2D eigenvalue weighted by Gasteiger charge is 2.03. The quantitative estimate of drug-likeness (QED) is 0.576. The predicted octanol–water partition coefficient (Wildman–Crippen LogP) is 3.17. The minimum absolute atomic E-state index is 0.387. The van der Waals surface area contributed by atoms with E-state index < -0.39 is 0 Å². The first-order valence-electron chi connectivity index (χ1n) is 6.70. The van der Waals surface area contributed by atoms with E-state index in [-0.39, 0.29) is 0 Å². The van der Waals surface area contributed by atoms with Crippen LogP contribution in [-0.2, 0) is 5.75 Å². The molecule has 1 heterocycles. The summed E-state index contributed by atoms with van der Waals surface area (Å²) in [5.74, 6) is 6.79. The zero-order valence-corrected chi connectivity index (χ0v) is 12.3. The fourth-order valence-electron chi connectivity index (χ4n) is 2.04. The molecule has 0 radical (unpaired) electrons. The average molecular weight is 293 g/mol. The van der Waals surface area contributed by atoms with Crippen molar-refractivity contribution in [2.75, 3.05) is 6.54 Å². The number of rotatable bonds is 3. The van der Waals surface area contributed by atoms with Crippen molar-refractivity contribution in [3.05, 3.63) is 59.7 Å². The summed E-state index contributed by atoms with van der Waals surface area (Å²) in [6, 6.07) is 16.3. The fourth-order valence-corrected chi connectivity index (χ4v) is 2.87. The van der Waals surface area contributed by atoms with Gasteiger partial charge >= 0.3 is 0 Å². The van der Waals surface area contributed by atoms with Gasteiger partial charge in [0.1, 0.15) is 0 Å². The first-order chi connectivity index (χ1) is 10.3. The molecule has 0 aliphatic heterocycles. The van der Waals surface area contributed by atoms with Gasteiger partial charge in [-0.25, -0.2) is 4.98 Å². The average Bonchev–Trinajstić information content (AvgIpc) is 2.94. The fraction of sp³-hybridized carbons (Fsp3) is 0.118. The van der Waals surface area contributed by atoms with Crippen molar-refractivity contribution in [3.63, 3.8) is 0 Å². The number of aromatic nitrogens is 2. The molecule has 0 saturated carbocycles. The Kier molecular flexibility index (Phi) is 4.25. The van der Waals surface area contributed by atoms with E-state index in [4.69, 9.17) is 5.73 Å². The summed E-state index contributed by atoms with van der Waals surface area (Å²) < 4.78 is 0. The van der Waals surface area contributed by atoms with Crippen LogP contribution in [0.3, 0.4) is 0 Å². The van der Waals surface area contributed by atoms with E-state index in [9.17, 15) is 0 Å². The number of nitrogens with one attached hydrogen (secondary N) is 1. The number of hydrogen-bond donors (Lipinski definition) is 2. The molecule has 0 unspecified atom stereocenters. The van der Waals surface area contributed by atoms with E-state index in [0.29, 0.717) is 6.54 Å². The van der Waals surface area contributed by atoms with Crippen LogP contribution in [0.4, 0.5) is 0 Å². The number of aromatic amines is 1. The molecule has 3 aromatic rings. The molecule has 21 heavy (non-hydrogen) atoms. The third-order valence-corrected chi connectivity index (χ3v) is 3.95. The van der Waals surface area contributed by atoms with Crippen LogP contribution >= 0.6 is 11.8 Å². The SMILES string of the molecule is NCC#Cc1cccc(CSc2nc3ccccc3[nH]2)c1. The lowest BCUT2D eigenvalue weighted by molar-refractivity contribution is 1.08. The summed E-state index contributed by atoms with van der Waals surface area (Å²) in [6.07, 6.45) is 0. The molecule has 2 aromatic carbocycles. The number of hydrogen-bond acceptors (Lipinski definition) is 3. The molecule has 0 aliphatic carbocycles. The van der Waals surface area contributed by atoms with Gasteiger partial charge in [0, 0.05) is 11.3 Å². The second-order valence-corrected chi connectivity index (χ2v) is 5.52. The summed E-state index contributed by atoms with van der Waals surface area (Å²) in [5.41, 5.74) is 9.70. The van der Waals surface area contributed by atoms with Gasteiger partial charge in [-0.05, 0) is 29.8 Å². The van der Waals surface area contributed by atoms with E-state index >= 15 is 0 Å². The van der Waals surface area contributed by atoms with Crippen LogP contribution in [0.5, 0.6) is 0 Å². The molecular weight excluding hydrogens is 278 g/mol. The van der Waals surface area contributed by atoms with Gasteiger partial charge in [0.25, 0.3) is 0 Å². The van der Waals surface area contributed by atoms with Gasteiger partial charge in [-0.3, -0.25) is 0 Å². The van der Waals surface area contributed by atoms with Gasteiger partial charge in [-0.15, -0.1) is 0 Å². The monoisotopic (exact) mass is 293 g/mol. The zero-order chi connectivity index (χ0) is 14.5. The first-order valence-corrected chi connectivity index (χ1v) is 7.69. The number of fused-ring (bicyclic) bond motifs is 1. The highest BCUT2D eigenvalue weighted by molar-refractivity contribution is 7.98. The predicted molar refractivity (Wildman–Crippen MR) is 88.0 cm³/mol. The van der Waals surface area contributed by atoms with Crippen LogP contribution in [-0.4, -0.2) is 16.5 Å². The molecule has 3 nitrogen and oxygen atoms in total. The third kappa shape index (κ3) is 3.46. The molecule has 0 saturated heterocycles. The van der Waals surface area contributed by atoms with Gasteiger partial charge < -0.3 is 10.7 Å². The molecule has 3 N–H and O–H groups in total. The summed E-state index contributed by atoms with van der Waals surface area (Å²) in [5, 5.41) is 0.939. The number of nitrogens with zero attached hydrogens (tertiary/aromatic N) is 1. The Bertz CT molecular complexity index is 778. The number of thioether (sulfide) groups is 1. The Labute approximate surface area is 128 Å². The third-order valence-electron chi connectivity index (χ3n) is 3.00. The number of para-hydroxylation sites is 2. The van der Waals surface area contributed by atoms with E-state index in [1.165, 1.54) is 5.56 Å². The molecule has 1 aromatic heterocycles. The summed E-state index contributed by atoms with van der Waals surface area (Å²) in [4.78, 5) is 7.88. The smallest absolute Gasteiger partial charge is 0.166 e. The molecular formula is C17H15N3S. The van der Waals surface area contributed by atoms with Crippen LogP contribution in [0.25, 0.3) is 11.0 Å². The van der Waals surface area contributed by atoms with Gasteiger partial charge in [-0.2, -0.15) is 0 Å². The molecule has 0 aliphatic rings. The van der Waals surface area contributed by atoms with Crippen molar-refractivity contribution in [1.82, 2.24) is 9.97 Å². The maximum atomic E-state index is 5.40. The molecule has 4 heteroatoms. The standard InChI is InChI=1S/C17H15N3S/c18-10-4-7-13-5-3-6-14(11-13)12-21-17-19-15-8-1-2-9-16(15)20-17/h1-3,5-6,8-9,11H,10,12,18H2,(H,19,20). The number of H-pyrrole nitrogens is 1. The van der Waals surface area contributed by atoms with Crippen molar-refractivity contribution in [2.45, 2.75) is 10.9 Å². The van der Waals surface area contributed by atoms with Crippen LogP contribution < -0.4 is 5.73 Å². The highest BCUT2D eigenvalue weighted by Crippen LogP contribution is 2.23. The van der Waals surface area contributed by atoms with Gasteiger partial charge in [0.05, 0.1) is 17.6 Å². The molecule has 0 fully saturated rings. The zero-order valence-electron chi connectivity index (χ0n) is 11.5. The second-order valence-electron chi connectivity index (χ2n) is 4.55. The molecule has 0 bridgehead atoms. The molecule has 0 spiro atoms. The van der Waals surface area contributed by atoms with Crippen LogP contribution in [0, 0.1) is 11.8 Å². The first kappa shape index (κ1) is 13.7. The van der Waals surface area contributed by atoms with Gasteiger partial charge in [0.2, 0.25) is 0 Å². The van der Waals surface area contributed by atoms with E-state index in [1.54, 1.807) is 11.8 Å². The van der Waals surface area contributed by atoms with Crippen LogP contribution in [0.2, 0.25) is 0 Å². The molecule has 0 amide bonds. The largest absolute Gasteiger partial charge is 0.333 e. The maximum absolute atomic E-state index is 5.40. The van der Waals surface area contributed by atoms with E-state index in [2.05, 4.69) is 33.9 Å². The molecule has 0 atom stereocenters. The lowest BCUT2D eigenvalue weighted by Crippen LogP contribution is -1.93. The Balaban J connectivity index is 1.72. The lowest BCUT2D eigenvalue weighted by Gasteiger charge is -2.00. The Hall–Kier alpha value is -2.22. The van der Waals surface area contributed by atoms with Crippen molar-refractivity contribution in [3.8, 4) is 11.8 Å². The van der Waals surface area contributed by atoms with Gasteiger partial charge in [-0.1, -0.05) is 47.9 Å². The topological polar surface area (TPSA) is 54.7 Å². The van der Waals surface area contributed by atoms with E-state index in [1.807, 2.05) is 36.4 Å². The molecule has 3 rings (SSSR count). The van der Waals surface area contributed by atoms with Crippen molar-refractivity contribution >= 4 is 22.8 Å². The second kappa shape index (κ2) is 6.49. The van der Waals surface area contributed by atoms with Gasteiger partial charge in [0.15, 0.2) is 5.16 Å². The van der Waals surface area contributed by atoms with Crippen LogP contribution in [0.15, 0.2) is 53.7 Å². The van der Waals surface area contributed by atoms with Crippen molar-refractivity contribution in [2.24, 2.45) is 5.73 Å². The van der Waals surface area contributed by atoms with E-state index in [0.717, 1.165) is 27.5 Å². The number of imidazole rings is 1. The highest BCUT2D eigenvalue weighted by atomic mass is 32.2. The Morgan fingerprint density at radius 3 is 2.90 bits per heavy atom. The van der Waals surface area contributed by atoms with Crippen molar-refractivity contribution < 1.29 is 0 Å². The number of benzene rings is 2. The number of nitrogens with two attached hydrogens (primary N) is 1. The van der Waals surface area contributed by atoms with Crippen LogP contribution in [0.1, 0.15) is 11.1 Å². The minimum atomic E-state index is 0.387. The summed E-state index contributed by atoms with van der Waals surface area (Å²) in [6.45, 7) is 0.387. The Morgan fingerprint density at radius 1 is 1.14 bits per heavy atom. The summed E-state index contributed by atoms with van der Waals surface area (Å²) >= 11 is 1.69. The molecule has 104 valence electrons.